The summed E-state index contributed by atoms with van der Waals surface area (Å²) in [6.45, 7) is 0. The molecule has 0 atom stereocenters. The predicted octanol–water partition coefficient (Wildman–Crippen LogP) is 12.0. The van der Waals surface area contributed by atoms with E-state index in [2.05, 4.69) is 0 Å². The molecule has 0 amide bonds. The molecule has 0 unspecified atom stereocenters. The third-order valence-electron chi connectivity index (χ3n) is 8.11. The Morgan fingerprint density at radius 1 is 0.419 bits per heavy atom. The van der Waals surface area contributed by atoms with Crippen LogP contribution in [0.4, 0.5) is 0 Å². The van der Waals surface area contributed by atoms with E-state index in [0.717, 1.165) is 43.8 Å². The van der Waals surface area contributed by atoms with Crippen molar-refractivity contribution in [3.8, 4) is 33.4 Å². The molecule has 0 spiro atoms. The van der Waals surface area contributed by atoms with E-state index in [1.54, 1.807) is 18.2 Å². The Balaban J connectivity index is 1.35. The van der Waals surface area contributed by atoms with Gasteiger partial charge in [-0.25, -0.2) is 0 Å². The van der Waals surface area contributed by atoms with Crippen molar-refractivity contribution in [3.05, 3.63) is 157 Å². The quantitative estimate of drug-likeness (QED) is 0.197. The number of fused-ring (bicyclic) bond motifs is 7. The van der Waals surface area contributed by atoms with Crippen molar-refractivity contribution in [1.29, 1.82) is 0 Å². The van der Waals surface area contributed by atoms with E-state index >= 15 is 0 Å². The predicted molar refractivity (Wildman–Crippen MR) is 183 cm³/mol. The van der Waals surface area contributed by atoms with Gasteiger partial charge in [-0.2, -0.15) is 0 Å². The first-order chi connectivity index (χ1) is 25.9. The second-order valence-electron chi connectivity index (χ2n) is 10.4. The van der Waals surface area contributed by atoms with Gasteiger partial charge in [0.15, 0.2) is 0 Å². The average molecular weight is 558 g/mol. The fraction of sp³-hybridized carbons (Fsp3) is 0. The number of hydrogen-bond acceptors (Lipinski definition) is 1. The van der Waals surface area contributed by atoms with Crippen molar-refractivity contribution in [1.82, 2.24) is 0 Å². The molecule has 0 aliphatic heterocycles. The van der Waals surface area contributed by atoms with Crippen molar-refractivity contribution in [2.24, 2.45) is 0 Å². The molecule has 1 nitrogen and oxygen atoms in total. The summed E-state index contributed by atoms with van der Waals surface area (Å²) in [5.74, 6) is 0. The fourth-order valence-electron chi connectivity index (χ4n) is 6.28. The van der Waals surface area contributed by atoms with Crippen LogP contribution in [0.1, 0.15) is 15.1 Å². The Bertz CT molecular complexity index is 3030. The van der Waals surface area contributed by atoms with E-state index < -0.39 is 30.2 Å². The summed E-state index contributed by atoms with van der Waals surface area (Å²) in [4.78, 5) is 0. The van der Waals surface area contributed by atoms with Crippen molar-refractivity contribution in [3.63, 3.8) is 0 Å². The first-order valence-corrected chi connectivity index (χ1v) is 13.9. The first-order valence-electron chi connectivity index (χ1n) is 19.4. The van der Waals surface area contributed by atoms with E-state index in [9.17, 15) is 1.37 Å². The van der Waals surface area contributed by atoms with Gasteiger partial charge in [-0.15, -0.1) is 0 Å². The van der Waals surface area contributed by atoms with E-state index in [1.807, 2.05) is 72.8 Å². The number of rotatable bonds is 3. The molecule has 9 aromatic rings. The highest BCUT2D eigenvalue weighted by Crippen LogP contribution is 2.47. The molecule has 0 bridgehead atoms. The molecule has 8 aromatic carbocycles. The molecule has 9 rings (SSSR count). The fourth-order valence-corrected chi connectivity index (χ4v) is 6.28. The third kappa shape index (κ3) is 3.65. The van der Waals surface area contributed by atoms with Crippen molar-refractivity contribution in [2.45, 2.75) is 0 Å². The summed E-state index contributed by atoms with van der Waals surface area (Å²) in [6, 6.07) is 24.9. The van der Waals surface area contributed by atoms with E-state index in [0.29, 0.717) is 21.9 Å². The summed E-state index contributed by atoms with van der Waals surface area (Å²) in [5.41, 5.74) is 4.54. The second kappa shape index (κ2) is 9.44. The lowest BCUT2D eigenvalue weighted by molar-refractivity contribution is 0.673. The van der Waals surface area contributed by atoms with Gasteiger partial charge in [-0.3, -0.25) is 0 Å². The molecular formula is C42H26O. The minimum Gasteiger partial charge on any atom is -0.455 e. The maximum absolute atomic E-state index is 9.18. The molecule has 0 N–H and O–H groups in total. The lowest BCUT2D eigenvalue weighted by Crippen LogP contribution is -1.91. The zero-order chi connectivity index (χ0) is 37.9. The van der Waals surface area contributed by atoms with E-state index in [-0.39, 0.29) is 58.2 Å². The van der Waals surface area contributed by atoms with E-state index in [4.69, 9.17) is 18.1 Å². The van der Waals surface area contributed by atoms with Crippen LogP contribution >= 0.6 is 0 Å². The number of furan rings is 1. The van der Waals surface area contributed by atoms with Crippen LogP contribution in [0.15, 0.2) is 162 Å². The topological polar surface area (TPSA) is 13.1 Å². The largest absolute Gasteiger partial charge is 0.455 e. The number of benzene rings is 8. The van der Waals surface area contributed by atoms with Gasteiger partial charge in [-0.1, -0.05) is 145 Å². The van der Waals surface area contributed by atoms with Crippen LogP contribution in [-0.2, 0) is 0 Å². The summed E-state index contributed by atoms with van der Waals surface area (Å²) < 4.78 is 99.6. The molecule has 1 heteroatoms. The van der Waals surface area contributed by atoms with Crippen molar-refractivity contribution < 1.29 is 19.5 Å². The van der Waals surface area contributed by atoms with Gasteiger partial charge < -0.3 is 4.42 Å². The Labute approximate surface area is 264 Å². The van der Waals surface area contributed by atoms with Gasteiger partial charge in [0, 0.05) is 16.2 Å². The highest BCUT2D eigenvalue weighted by atomic mass is 16.3. The van der Waals surface area contributed by atoms with Crippen LogP contribution in [0.5, 0.6) is 0 Å². The van der Waals surface area contributed by atoms with Crippen LogP contribution in [0.3, 0.4) is 0 Å². The van der Waals surface area contributed by atoms with Crippen LogP contribution < -0.4 is 0 Å². The molecule has 200 valence electrons. The lowest BCUT2D eigenvalue weighted by Gasteiger charge is -2.18. The molecule has 0 fully saturated rings. The number of hydrogen-bond donors (Lipinski definition) is 0. The third-order valence-corrected chi connectivity index (χ3v) is 8.11. The molecule has 0 aliphatic rings. The summed E-state index contributed by atoms with van der Waals surface area (Å²) in [5, 5.41) is 4.48. The normalized spacial score (nSPS) is 15.3. The standard InChI is InChI=1S/C42H26O/c1-2-11-27(12-3-1)28-21-23-30(24-22-28)39-32-15-6-8-17-34(32)40(35-18-9-7-16-33(35)39)36-19-10-20-38-41(36)37-26-25-29-13-4-5-14-31(29)42(37)43-38/h1-26H/i1D,2D,3D,4D,5D,11D,12D,13D,14D,25D,26D. The Kier molecular flexibility index (Phi) is 3.41. The maximum Gasteiger partial charge on any atom is 0.143 e. The monoisotopic (exact) mass is 557 g/mol. The molecule has 0 aliphatic carbocycles. The van der Waals surface area contributed by atoms with Crippen molar-refractivity contribution in [2.75, 3.05) is 0 Å². The minimum absolute atomic E-state index is 0.0584. The average Bonchev–Trinajstić information content (AvgIpc) is 3.58. The highest BCUT2D eigenvalue weighted by molar-refractivity contribution is 6.27. The van der Waals surface area contributed by atoms with Gasteiger partial charge in [-0.05, 0) is 72.4 Å². The van der Waals surface area contributed by atoms with Gasteiger partial charge >= 0.3 is 0 Å². The summed E-state index contributed by atoms with van der Waals surface area (Å²) in [6.07, 6.45) is 0. The Hall–Kier alpha value is -5.66. The van der Waals surface area contributed by atoms with Gasteiger partial charge in [0.25, 0.3) is 0 Å². The molecular weight excluding hydrogens is 520 g/mol. The zero-order valence-corrected chi connectivity index (χ0v) is 22.6. The molecule has 0 radical (unpaired) electrons. The van der Waals surface area contributed by atoms with Gasteiger partial charge in [0.2, 0.25) is 0 Å². The van der Waals surface area contributed by atoms with Crippen LogP contribution in [0, 0.1) is 0 Å². The minimum atomic E-state index is -0.474. The molecule has 1 aromatic heterocycles. The van der Waals surface area contributed by atoms with E-state index in [1.165, 1.54) is 0 Å². The van der Waals surface area contributed by atoms with Gasteiger partial charge in [0.1, 0.15) is 11.2 Å². The first kappa shape index (κ1) is 15.5. The summed E-state index contributed by atoms with van der Waals surface area (Å²) >= 11 is 0. The van der Waals surface area contributed by atoms with Gasteiger partial charge in [0.05, 0.1) is 15.1 Å². The maximum atomic E-state index is 9.18. The molecule has 1 heterocycles. The summed E-state index contributed by atoms with van der Waals surface area (Å²) in [7, 11) is 0. The Morgan fingerprint density at radius 3 is 1.77 bits per heavy atom. The van der Waals surface area contributed by atoms with Crippen LogP contribution in [-0.4, -0.2) is 0 Å². The SMILES string of the molecule is [2H]c1c([2H])c([2H])c(-c2ccc(-c3c4ccccc4c(-c4cccc5oc6c7c([2H])c([2H])c([2H])c([2H])c7c([2H])c([2H])c6c45)c4ccccc34)cc2)c([2H])c1[2H]. The molecule has 43 heavy (non-hydrogen) atoms. The molecule has 0 saturated heterocycles. The smallest absolute Gasteiger partial charge is 0.143 e. The van der Waals surface area contributed by atoms with Crippen molar-refractivity contribution >= 4 is 54.3 Å². The Morgan fingerprint density at radius 2 is 1.05 bits per heavy atom. The van der Waals surface area contributed by atoms with Crippen LogP contribution in [0.2, 0.25) is 0 Å². The highest BCUT2D eigenvalue weighted by Gasteiger charge is 2.20. The molecule has 0 saturated carbocycles. The zero-order valence-electron chi connectivity index (χ0n) is 33.6. The van der Waals surface area contributed by atoms with Crippen LogP contribution in [0.25, 0.3) is 87.6 Å². The lowest BCUT2D eigenvalue weighted by atomic mass is 9.84. The second-order valence-corrected chi connectivity index (χ2v) is 10.4.